The Morgan fingerprint density at radius 1 is 1.00 bits per heavy atom. The van der Waals surface area contributed by atoms with E-state index in [9.17, 15) is 44.4 Å². The van der Waals surface area contributed by atoms with E-state index in [4.69, 9.17) is 18.9 Å². The van der Waals surface area contributed by atoms with Crippen LogP contribution in [0.5, 0.6) is 0 Å². The summed E-state index contributed by atoms with van der Waals surface area (Å²) in [5.41, 5.74) is -2.53. The molecule has 68 heavy (non-hydrogen) atoms. The topological polar surface area (TPSA) is 230 Å². The van der Waals surface area contributed by atoms with Crippen LogP contribution in [0, 0.1) is 23.7 Å². The largest absolute Gasteiger partial charge is 0.477 e. The van der Waals surface area contributed by atoms with Crippen LogP contribution < -0.4 is 15.6 Å². The lowest BCUT2D eigenvalue weighted by atomic mass is 9.79. The molecule has 4 heterocycles. The van der Waals surface area contributed by atoms with Crippen LogP contribution in [0.2, 0.25) is 0 Å². The van der Waals surface area contributed by atoms with E-state index in [2.05, 4.69) is 22.0 Å². The molecule has 3 aliphatic heterocycles. The molecule has 4 aliphatic rings. The molecular weight excluding hydrogens is 879 g/mol. The molecule has 1 aliphatic carbocycles. The standard InChI is InChI=1S/C50H77N5O13/c1-12-39-50(9,64)43(59)32(7)45(60)51-28(3)23-49(8,44(30(5)40(56)31(6)47(63)67-39)68-48-42(58)38(52(10)11)21-29(4)66-48)65-26-27(2)24-53-17-19-54(20-18-53)34-15-16-37-35(22-34)41(57)36(46(61)62)25-55(37)33-13-14-33/h15-16,22,25,27-33,38-39,42-44,48,58-59,64H,12-14,17-21,23-24,26H2,1-11H3,(H,51,60)(H,61,62). The Kier molecular flexibility index (Phi) is 16.9. The van der Waals surface area contributed by atoms with Gasteiger partial charge < -0.3 is 59.1 Å². The van der Waals surface area contributed by atoms with Gasteiger partial charge in [0.15, 0.2) is 12.1 Å². The number of carboxylic acids is 1. The molecule has 1 saturated carbocycles. The number of hydrogen-bond acceptors (Lipinski definition) is 15. The predicted octanol–water partition coefficient (Wildman–Crippen LogP) is 3.20. The monoisotopic (exact) mass is 956 g/mol. The number of Topliss-reactive ketones (excluding diaryl/α,β-unsaturated/α-hetero) is 1. The van der Waals surface area contributed by atoms with E-state index in [1.807, 2.05) is 48.7 Å². The van der Waals surface area contributed by atoms with Gasteiger partial charge in [-0.3, -0.25) is 24.1 Å². The van der Waals surface area contributed by atoms with Crippen molar-refractivity contribution >= 4 is 40.2 Å². The number of carboxylic acid groups (broad SMARTS) is 1. The van der Waals surface area contributed by atoms with Crippen LogP contribution in [0.4, 0.5) is 5.69 Å². The van der Waals surface area contributed by atoms with Gasteiger partial charge in [-0.15, -0.1) is 0 Å². The number of piperazine rings is 1. The highest BCUT2D eigenvalue weighted by Gasteiger charge is 2.51. The predicted molar refractivity (Wildman–Crippen MR) is 254 cm³/mol. The Morgan fingerprint density at radius 2 is 1.66 bits per heavy atom. The maximum Gasteiger partial charge on any atom is 0.341 e. The van der Waals surface area contributed by atoms with Gasteiger partial charge >= 0.3 is 11.9 Å². The molecular formula is C50H77N5O13. The number of ketones is 1. The van der Waals surface area contributed by atoms with E-state index in [-0.39, 0.29) is 49.1 Å². The summed E-state index contributed by atoms with van der Waals surface area (Å²) in [4.78, 5) is 73.9. The van der Waals surface area contributed by atoms with Gasteiger partial charge in [-0.2, -0.15) is 0 Å². The van der Waals surface area contributed by atoms with Crippen LogP contribution in [0.25, 0.3) is 10.9 Å². The molecule has 3 saturated heterocycles. The minimum absolute atomic E-state index is 0.0607. The number of hydrogen-bond donors (Lipinski definition) is 5. The first-order valence-corrected chi connectivity index (χ1v) is 24.5. The zero-order valence-corrected chi connectivity index (χ0v) is 41.8. The fraction of sp³-hybridized carbons (Fsp3) is 0.740. The summed E-state index contributed by atoms with van der Waals surface area (Å²) in [5.74, 6) is -6.79. The number of ether oxygens (including phenoxy) is 4. The minimum Gasteiger partial charge on any atom is -0.477 e. The Morgan fingerprint density at radius 3 is 2.26 bits per heavy atom. The van der Waals surface area contributed by atoms with Crippen LogP contribution in [0.15, 0.2) is 29.2 Å². The first-order valence-electron chi connectivity index (χ1n) is 24.5. The second-order valence-electron chi connectivity index (χ2n) is 21.0. The van der Waals surface area contributed by atoms with Crippen molar-refractivity contribution in [2.75, 3.05) is 58.3 Å². The van der Waals surface area contributed by atoms with Gasteiger partial charge in [-0.25, -0.2) is 4.79 Å². The molecule has 18 heteroatoms. The molecule has 1 amide bonds. The summed E-state index contributed by atoms with van der Waals surface area (Å²) in [6, 6.07) is 4.95. The SMILES string of the molecule is CCC1OC(=O)C(C)C(=O)C(C)C(OC2OC(C)CC(N(C)C)C2O)C(C)(OCC(C)CN2CCN(c3ccc4c(c3)c(=O)c(C(=O)O)cn4C3CC3)CC2)CC(C)NC(=O)C(C)C(O)C1(C)O. The number of cyclic esters (lactones) is 1. The summed E-state index contributed by atoms with van der Waals surface area (Å²) in [5, 5.41) is 47.8. The third-order valence-electron chi connectivity index (χ3n) is 14.9. The zero-order valence-electron chi connectivity index (χ0n) is 41.8. The first kappa shape index (κ1) is 53.3. The molecule has 2 aromatic rings. The number of fused-ring (bicyclic) bond motifs is 1. The normalized spacial score (nSPS) is 35.7. The van der Waals surface area contributed by atoms with E-state index in [0.29, 0.717) is 44.5 Å². The fourth-order valence-electron chi connectivity index (χ4n) is 10.6. The Labute approximate surface area is 400 Å². The average molecular weight is 956 g/mol. The zero-order chi connectivity index (χ0) is 50.2. The molecule has 0 spiro atoms. The Hall–Kier alpha value is -4.01. The van der Waals surface area contributed by atoms with E-state index < -0.39 is 94.8 Å². The smallest absolute Gasteiger partial charge is 0.341 e. The van der Waals surface area contributed by atoms with Crippen molar-refractivity contribution in [3.8, 4) is 0 Å². The maximum atomic E-state index is 14.6. The molecule has 380 valence electrons. The van der Waals surface area contributed by atoms with Gasteiger partial charge in [0.05, 0.1) is 42.0 Å². The molecule has 14 unspecified atom stereocenters. The number of pyridine rings is 1. The van der Waals surface area contributed by atoms with Gasteiger partial charge in [-0.05, 0) is 105 Å². The van der Waals surface area contributed by atoms with Crippen molar-refractivity contribution in [1.82, 2.24) is 19.7 Å². The lowest BCUT2D eigenvalue weighted by Gasteiger charge is -2.47. The number of carbonyl (C=O) groups is 4. The van der Waals surface area contributed by atoms with Crippen LogP contribution in [0.1, 0.15) is 111 Å². The van der Waals surface area contributed by atoms with Crippen molar-refractivity contribution < 1.29 is 58.6 Å². The van der Waals surface area contributed by atoms with Crippen LogP contribution in [-0.4, -0.2) is 172 Å². The van der Waals surface area contributed by atoms with Gasteiger partial charge in [0, 0.05) is 74.0 Å². The quantitative estimate of drug-likeness (QED) is 0.152. The third-order valence-corrected chi connectivity index (χ3v) is 14.9. The highest BCUT2D eigenvalue weighted by atomic mass is 16.7. The molecule has 4 fully saturated rings. The average Bonchev–Trinajstić information content (AvgIpc) is 4.14. The number of nitrogens with zero attached hydrogens (tertiary/aromatic N) is 4. The summed E-state index contributed by atoms with van der Waals surface area (Å²) >= 11 is 0. The second kappa shape index (κ2) is 21.5. The first-order chi connectivity index (χ1) is 31.9. The van der Waals surface area contributed by atoms with Gasteiger partial charge in [-0.1, -0.05) is 27.7 Å². The number of rotatable bonds is 12. The molecule has 0 bridgehead atoms. The van der Waals surface area contributed by atoms with E-state index >= 15 is 0 Å². The maximum absolute atomic E-state index is 14.6. The highest BCUT2D eigenvalue weighted by molar-refractivity contribution is 6.00. The second-order valence-corrected chi connectivity index (χ2v) is 21.0. The molecule has 1 aromatic carbocycles. The molecule has 0 radical (unpaired) electrons. The Bertz CT molecular complexity index is 2190. The van der Waals surface area contributed by atoms with Crippen molar-refractivity contribution in [3.63, 3.8) is 0 Å². The number of nitrogens with one attached hydrogen (secondary N) is 1. The minimum atomic E-state index is -2.04. The Balaban J connectivity index is 1.24. The number of esters is 1. The highest BCUT2D eigenvalue weighted by Crippen LogP contribution is 2.39. The number of aliphatic hydroxyl groups is 3. The molecule has 5 N–H and O–H groups in total. The van der Waals surface area contributed by atoms with Crippen molar-refractivity contribution in [1.29, 1.82) is 0 Å². The summed E-state index contributed by atoms with van der Waals surface area (Å²) in [6.07, 6.45) is -2.55. The number of carbonyl (C=O) groups excluding carboxylic acids is 3. The summed E-state index contributed by atoms with van der Waals surface area (Å²) < 4.78 is 27.7. The fourth-order valence-corrected chi connectivity index (χ4v) is 10.6. The number of anilines is 1. The summed E-state index contributed by atoms with van der Waals surface area (Å²) in [6.45, 7) is 18.6. The van der Waals surface area contributed by atoms with Crippen molar-refractivity contribution in [3.05, 3.63) is 40.2 Å². The molecule has 1 aromatic heterocycles. The van der Waals surface area contributed by atoms with E-state index in [1.54, 1.807) is 27.7 Å². The number of likely N-dealkylation sites (N-methyl/N-ethyl adjacent to an activating group) is 1. The lowest BCUT2D eigenvalue weighted by molar-refractivity contribution is -0.298. The molecule has 18 nitrogen and oxygen atoms in total. The van der Waals surface area contributed by atoms with Crippen LogP contribution in [-0.2, 0) is 33.3 Å². The molecule has 6 rings (SSSR count). The number of aliphatic hydroxyl groups excluding tert-OH is 2. The number of benzene rings is 1. The number of amides is 1. The van der Waals surface area contributed by atoms with Crippen LogP contribution >= 0.6 is 0 Å². The van der Waals surface area contributed by atoms with Gasteiger partial charge in [0.2, 0.25) is 11.3 Å². The number of aromatic nitrogens is 1. The van der Waals surface area contributed by atoms with Crippen molar-refractivity contribution in [2.45, 2.75) is 161 Å². The molecule has 14 atom stereocenters. The number of aromatic carboxylic acids is 1. The van der Waals surface area contributed by atoms with Crippen molar-refractivity contribution in [2.24, 2.45) is 23.7 Å². The van der Waals surface area contributed by atoms with E-state index in [0.717, 1.165) is 24.0 Å². The third kappa shape index (κ3) is 11.6. The van der Waals surface area contributed by atoms with Gasteiger partial charge in [0.1, 0.15) is 29.3 Å². The van der Waals surface area contributed by atoms with Crippen LogP contribution in [0.3, 0.4) is 0 Å². The lowest BCUT2D eigenvalue weighted by Crippen LogP contribution is -2.60. The summed E-state index contributed by atoms with van der Waals surface area (Å²) in [7, 11) is 3.72. The van der Waals surface area contributed by atoms with Gasteiger partial charge in [0.25, 0.3) is 0 Å². The van der Waals surface area contributed by atoms with E-state index in [1.165, 1.54) is 27.0 Å².